The van der Waals surface area contributed by atoms with Crippen LogP contribution in [0.4, 0.5) is 5.69 Å². The first-order chi connectivity index (χ1) is 6.13. The topological polar surface area (TPSA) is 46.2 Å². The van der Waals surface area contributed by atoms with Crippen molar-refractivity contribution in [3.8, 4) is 0 Å². The van der Waals surface area contributed by atoms with Gasteiger partial charge in [-0.1, -0.05) is 17.7 Å². The molecule has 3 nitrogen and oxygen atoms in total. The minimum absolute atomic E-state index is 0.223. The van der Waals surface area contributed by atoms with Gasteiger partial charge in [-0.2, -0.15) is 0 Å². The second-order valence-corrected chi connectivity index (χ2v) is 3.00. The first kappa shape index (κ1) is 9.74. The predicted molar refractivity (Wildman–Crippen MR) is 50.9 cm³/mol. The maximum absolute atomic E-state index is 10.7. The quantitative estimate of drug-likeness (QED) is 0.580. The first-order valence-corrected chi connectivity index (χ1v) is 4.03. The molecule has 4 heteroatoms. The van der Waals surface area contributed by atoms with E-state index in [1.54, 1.807) is 18.2 Å². The Bertz CT molecular complexity index is 349. The Morgan fingerprint density at radius 1 is 1.54 bits per heavy atom. The van der Waals surface area contributed by atoms with Crippen LogP contribution in [0.25, 0.3) is 0 Å². The van der Waals surface area contributed by atoms with Gasteiger partial charge in [-0.3, -0.25) is 9.59 Å². The van der Waals surface area contributed by atoms with Gasteiger partial charge in [0.25, 0.3) is 5.91 Å². The summed E-state index contributed by atoms with van der Waals surface area (Å²) in [5.41, 5.74) is 1.42. The van der Waals surface area contributed by atoms with E-state index in [-0.39, 0.29) is 6.29 Å². The molecule has 0 saturated heterocycles. The number of aldehydes is 1. The number of nitrogens with one attached hydrogen (secondary N) is 1. The highest BCUT2D eigenvalue weighted by Gasteiger charge is 2.02. The fourth-order valence-corrected chi connectivity index (χ4v) is 1.06. The van der Waals surface area contributed by atoms with Crippen molar-refractivity contribution in [2.45, 2.75) is 6.92 Å². The van der Waals surface area contributed by atoms with Gasteiger partial charge in [-0.25, -0.2) is 0 Å². The molecule has 0 fully saturated rings. The summed E-state index contributed by atoms with van der Waals surface area (Å²) in [5, 5.41) is 2.93. The standard InChI is InChI=1S/C9H8ClNO2/c1-6-2-3-7(10)4-8(6)11-9(13)5-12/h2-5H,1H3,(H,11,13). The van der Waals surface area contributed by atoms with Crippen molar-refractivity contribution in [3.05, 3.63) is 28.8 Å². The molecule has 0 aliphatic heterocycles. The summed E-state index contributed by atoms with van der Waals surface area (Å²) in [4.78, 5) is 20.8. The van der Waals surface area contributed by atoms with Crippen molar-refractivity contribution >= 4 is 29.5 Å². The number of amides is 1. The number of aryl methyl sites for hydroxylation is 1. The zero-order valence-electron chi connectivity index (χ0n) is 7.00. The van der Waals surface area contributed by atoms with E-state index in [4.69, 9.17) is 11.6 Å². The third-order valence-electron chi connectivity index (χ3n) is 1.56. The van der Waals surface area contributed by atoms with Crippen LogP contribution in [0.2, 0.25) is 5.02 Å². The van der Waals surface area contributed by atoms with Gasteiger partial charge in [0.15, 0.2) is 0 Å². The number of rotatable bonds is 2. The van der Waals surface area contributed by atoms with Crippen molar-refractivity contribution in [1.82, 2.24) is 0 Å². The number of hydrogen-bond acceptors (Lipinski definition) is 2. The predicted octanol–water partition coefficient (Wildman–Crippen LogP) is 1.79. The van der Waals surface area contributed by atoms with Gasteiger partial charge >= 0.3 is 0 Å². The molecule has 0 atom stereocenters. The molecule has 0 aliphatic rings. The molecule has 0 unspecified atom stereocenters. The van der Waals surface area contributed by atoms with Crippen LogP contribution in [0.5, 0.6) is 0 Å². The minimum atomic E-state index is -0.676. The first-order valence-electron chi connectivity index (χ1n) is 3.66. The normalized spacial score (nSPS) is 9.38. The largest absolute Gasteiger partial charge is 0.319 e. The second-order valence-electron chi connectivity index (χ2n) is 2.57. The Hall–Kier alpha value is -1.35. The van der Waals surface area contributed by atoms with Crippen LogP contribution in [-0.2, 0) is 9.59 Å². The molecule has 0 spiro atoms. The van der Waals surface area contributed by atoms with E-state index < -0.39 is 5.91 Å². The third-order valence-corrected chi connectivity index (χ3v) is 1.80. The van der Waals surface area contributed by atoms with Crippen LogP contribution < -0.4 is 5.32 Å². The summed E-state index contributed by atoms with van der Waals surface area (Å²) in [6.07, 6.45) is 0.223. The summed E-state index contributed by atoms with van der Waals surface area (Å²) < 4.78 is 0. The zero-order valence-corrected chi connectivity index (χ0v) is 7.76. The van der Waals surface area contributed by atoms with Crippen molar-refractivity contribution in [2.24, 2.45) is 0 Å². The lowest BCUT2D eigenvalue weighted by molar-refractivity contribution is -0.127. The Balaban J connectivity index is 2.93. The fraction of sp³-hybridized carbons (Fsp3) is 0.111. The van der Waals surface area contributed by atoms with Crippen LogP contribution in [0, 0.1) is 6.92 Å². The van der Waals surface area contributed by atoms with Crippen molar-refractivity contribution < 1.29 is 9.59 Å². The monoisotopic (exact) mass is 197 g/mol. The molecule has 1 rings (SSSR count). The van der Waals surface area contributed by atoms with E-state index in [9.17, 15) is 9.59 Å². The third kappa shape index (κ3) is 2.56. The van der Waals surface area contributed by atoms with Crippen LogP contribution in [-0.4, -0.2) is 12.2 Å². The molecule has 68 valence electrons. The van der Waals surface area contributed by atoms with Gasteiger partial charge in [-0.15, -0.1) is 0 Å². The van der Waals surface area contributed by atoms with Crippen molar-refractivity contribution in [2.75, 3.05) is 5.32 Å². The van der Waals surface area contributed by atoms with E-state index >= 15 is 0 Å². The van der Waals surface area contributed by atoms with Crippen LogP contribution >= 0.6 is 11.6 Å². The number of halogens is 1. The lowest BCUT2D eigenvalue weighted by atomic mass is 10.2. The molecule has 0 heterocycles. The Morgan fingerprint density at radius 2 is 2.23 bits per heavy atom. The lowest BCUT2D eigenvalue weighted by Gasteiger charge is -2.05. The van der Waals surface area contributed by atoms with E-state index in [0.717, 1.165) is 5.56 Å². The summed E-state index contributed by atoms with van der Waals surface area (Å²) in [6, 6.07) is 5.08. The molecule has 0 aromatic heterocycles. The van der Waals surface area contributed by atoms with E-state index in [0.29, 0.717) is 10.7 Å². The number of hydrogen-bond donors (Lipinski definition) is 1. The molecular formula is C9H8ClNO2. The molecule has 1 aromatic carbocycles. The number of benzene rings is 1. The van der Waals surface area contributed by atoms with Gasteiger partial charge in [0, 0.05) is 10.7 Å². The van der Waals surface area contributed by atoms with E-state index in [2.05, 4.69) is 5.32 Å². The molecule has 0 saturated carbocycles. The van der Waals surface area contributed by atoms with Gasteiger partial charge < -0.3 is 5.32 Å². The highest BCUT2D eigenvalue weighted by Crippen LogP contribution is 2.19. The van der Waals surface area contributed by atoms with Crippen LogP contribution in [0.15, 0.2) is 18.2 Å². The lowest BCUT2D eigenvalue weighted by Crippen LogP contribution is -2.12. The van der Waals surface area contributed by atoms with Crippen LogP contribution in [0.1, 0.15) is 5.56 Å². The zero-order chi connectivity index (χ0) is 9.84. The second kappa shape index (κ2) is 4.05. The van der Waals surface area contributed by atoms with Gasteiger partial charge in [0.2, 0.25) is 6.29 Å². The number of anilines is 1. The summed E-state index contributed by atoms with van der Waals surface area (Å²) >= 11 is 5.70. The summed E-state index contributed by atoms with van der Waals surface area (Å²) in [5.74, 6) is -0.676. The Labute approximate surface area is 80.7 Å². The molecule has 0 radical (unpaired) electrons. The smallest absolute Gasteiger partial charge is 0.288 e. The SMILES string of the molecule is Cc1ccc(Cl)cc1NC(=O)C=O. The molecule has 0 aliphatic carbocycles. The molecular weight excluding hydrogens is 190 g/mol. The number of carbonyl (C=O) groups excluding carboxylic acids is 2. The van der Waals surface area contributed by atoms with Crippen molar-refractivity contribution in [3.63, 3.8) is 0 Å². The highest BCUT2D eigenvalue weighted by molar-refractivity contribution is 6.32. The molecule has 1 N–H and O–H groups in total. The van der Waals surface area contributed by atoms with Crippen LogP contribution in [0.3, 0.4) is 0 Å². The van der Waals surface area contributed by atoms with E-state index in [1.165, 1.54) is 0 Å². The molecule has 13 heavy (non-hydrogen) atoms. The maximum Gasteiger partial charge on any atom is 0.288 e. The Morgan fingerprint density at radius 3 is 2.85 bits per heavy atom. The average molecular weight is 198 g/mol. The molecule has 1 aromatic rings. The summed E-state index contributed by atoms with van der Waals surface area (Å²) in [7, 11) is 0. The number of carbonyl (C=O) groups is 2. The van der Waals surface area contributed by atoms with Crippen molar-refractivity contribution in [1.29, 1.82) is 0 Å². The highest BCUT2D eigenvalue weighted by atomic mass is 35.5. The molecule has 1 amide bonds. The Kier molecular flexibility index (Phi) is 3.03. The van der Waals surface area contributed by atoms with Gasteiger partial charge in [0.05, 0.1) is 0 Å². The van der Waals surface area contributed by atoms with Gasteiger partial charge in [-0.05, 0) is 24.6 Å². The maximum atomic E-state index is 10.7. The molecule has 0 bridgehead atoms. The minimum Gasteiger partial charge on any atom is -0.319 e. The summed E-state index contributed by atoms with van der Waals surface area (Å²) in [6.45, 7) is 1.82. The van der Waals surface area contributed by atoms with Gasteiger partial charge in [0.1, 0.15) is 0 Å². The van der Waals surface area contributed by atoms with E-state index in [1.807, 2.05) is 6.92 Å². The average Bonchev–Trinajstić information content (AvgIpc) is 2.11. The fourth-order valence-electron chi connectivity index (χ4n) is 0.891.